The van der Waals surface area contributed by atoms with Crippen molar-refractivity contribution >= 4 is 17.0 Å². The van der Waals surface area contributed by atoms with E-state index < -0.39 is 5.41 Å². The first-order chi connectivity index (χ1) is 16.3. The molecule has 1 aliphatic carbocycles. The molecule has 0 spiro atoms. The molecule has 6 rings (SSSR count). The van der Waals surface area contributed by atoms with Gasteiger partial charge in [-0.15, -0.1) is 0 Å². The lowest BCUT2D eigenvalue weighted by molar-refractivity contribution is 0.424. The van der Waals surface area contributed by atoms with E-state index in [4.69, 9.17) is 5.10 Å². The summed E-state index contributed by atoms with van der Waals surface area (Å²) in [7, 11) is 0. The second kappa shape index (κ2) is 7.64. The van der Waals surface area contributed by atoms with Gasteiger partial charge in [0.1, 0.15) is 16.9 Å². The minimum absolute atomic E-state index is 0.233. The Hall–Kier alpha value is -4.37. The molecule has 1 atom stereocenters. The van der Waals surface area contributed by atoms with Gasteiger partial charge in [0.05, 0.1) is 11.4 Å². The molecule has 0 radical (unpaired) electrons. The van der Waals surface area contributed by atoms with E-state index in [0.717, 1.165) is 39.4 Å². The van der Waals surface area contributed by atoms with Crippen LogP contribution in [0.4, 0.5) is 5.69 Å². The maximum Gasteiger partial charge on any atom is 0.139 e. The van der Waals surface area contributed by atoms with E-state index in [0.29, 0.717) is 0 Å². The van der Waals surface area contributed by atoms with Crippen LogP contribution >= 0.6 is 0 Å². The van der Waals surface area contributed by atoms with E-state index in [-0.39, 0.29) is 5.76 Å². The standard InChI is InChI=1S/C30H22N2O/c33-27-21-26(22-13-5-1-6-14-22)30(24-17-9-3-10-18-24)28(23-15-7-2-8-16-23)31-32(29(27)30)25-19-11-4-12-20-25/h1-21,33H. The normalized spacial score (nSPS) is 19.3. The first-order valence-electron chi connectivity index (χ1n) is 11.1. The SMILES string of the molecule is OC1=C2N(c3ccccc3)N=C(c3ccccc3)C2(c2ccccc2)C(c2ccccc2)=C1. The lowest BCUT2D eigenvalue weighted by Crippen LogP contribution is -2.37. The van der Waals surface area contributed by atoms with E-state index in [1.807, 2.05) is 96.0 Å². The van der Waals surface area contributed by atoms with E-state index in [2.05, 4.69) is 36.4 Å². The molecule has 158 valence electrons. The van der Waals surface area contributed by atoms with Crippen LogP contribution in [0.25, 0.3) is 5.57 Å². The fourth-order valence-electron chi connectivity index (χ4n) is 5.03. The Morgan fingerprint density at radius 3 is 1.73 bits per heavy atom. The number of allylic oxidation sites excluding steroid dienone is 2. The molecule has 0 amide bonds. The van der Waals surface area contributed by atoms with Crippen LogP contribution in [0.1, 0.15) is 16.7 Å². The van der Waals surface area contributed by atoms with Crippen molar-refractivity contribution in [3.05, 3.63) is 156 Å². The maximum absolute atomic E-state index is 11.4. The van der Waals surface area contributed by atoms with Crippen LogP contribution < -0.4 is 5.01 Å². The highest BCUT2D eigenvalue weighted by Gasteiger charge is 2.56. The Morgan fingerprint density at radius 1 is 0.606 bits per heavy atom. The highest BCUT2D eigenvalue weighted by atomic mass is 16.3. The monoisotopic (exact) mass is 426 g/mol. The number of rotatable bonds is 4. The van der Waals surface area contributed by atoms with Crippen molar-refractivity contribution in [3.63, 3.8) is 0 Å². The lowest BCUT2D eigenvalue weighted by atomic mass is 9.67. The number of para-hydroxylation sites is 1. The summed E-state index contributed by atoms with van der Waals surface area (Å²) in [5, 5.41) is 18.5. The smallest absolute Gasteiger partial charge is 0.139 e. The number of anilines is 1. The number of hydrogen-bond donors (Lipinski definition) is 1. The Balaban J connectivity index is 1.70. The number of hydrazone groups is 1. The van der Waals surface area contributed by atoms with Gasteiger partial charge < -0.3 is 5.11 Å². The van der Waals surface area contributed by atoms with Gasteiger partial charge in [-0.2, -0.15) is 5.10 Å². The molecule has 4 aromatic rings. The Morgan fingerprint density at radius 2 is 1.12 bits per heavy atom. The molecular weight excluding hydrogens is 404 g/mol. The van der Waals surface area contributed by atoms with Crippen LogP contribution in [0.15, 0.2) is 144 Å². The molecule has 0 fully saturated rings. The van der Waals surface area contributed by atoms with Gasteiger partial charge in [-0.3, -0.25) is 0 Å². The molecule has 33 heavy (non-hydrogen) atoms. The maximum atomic E-state index is 11.4. The molecule has 1 N–H and O–H groups in total. The zero-order valence-corrected chi connectivity index (χ0v) is 18.0. The number of nitrogens with zero attached hydrogens (tertiary/aromatic N) is 2. The van der Waals surface area contributed by atoms with Gasteiger partial charge in [0.2, 0.25) is 0 Å². The highest BCUT2D eigenvalue weighted by Crippen LogP contribution is 2.57. The molecule has 1 heterocycles. The second-order valence-electron chi connectivity index (χ2n) is 8.24. The summed E-state index contributed by atoms with van der Waals surface area (Å²) in [6.45, 7) is 0. The van der Waals surface area contributed by atoms with Crippen molar-refractivity contribution in [1.29, 1.82) is 0 Å². The Kier molecular flexibility index (Phi) is 4.48. The van der Waals surface area contributed by atoms with Crippen LogP contribution in [0.2, 0.25) is 0 Å². The summed E-state index contributed by atoms with van der Waals surface area (Å²) in [5.74, 6) is 0.233. The van der Waals surface area contributed by atoms with E-state index in [1.165, 1.54) is 0 Å². The number of hydrogen-bond acceptors (Lipinski definition) is 3. The second-order valence-corrected chi connectivity index (χ2v) is 8.24. The summed E-state index contributed by atoms with van der Waals surface area (Å²) in [4.78, 5) is 0. The molecule has 2 aliphatic rings. The molecule has 0 saturated heterocycles. The number of benzene rings is 4. The van der Waals surface area contributed by atoms with Gasteiger partial charge in [-0.1, -0.05) is 109 Å². The highest BCUT2D eigenvalue weighted by molar-refractivity contribution is 6.22. The minimum atomic E-state index is -0.746. The van der Waals surface area contributed by atoms with Crippen LogP contribution in [0, 0.1) is 0 Å². The van der Waals surface area contributed by atoms with Crippen molar-refractivity contribution in [3.8, 4) is 0 Å². The molecule has 1 unspecified atom stereocenters. The molecule has 0 bridgehead atoms. The number of aliphatic hydroxyl groups is 1. The van der Waals surface area contributed by atoms with E-state index in [9.17, 15) is 5.11 Å². The Bertz CT molecular complexity index is 1390. The third kappa shape index (κ3) is 2.86. The van der Waals surface area contributed by atoms with Crippen molar-refractivity contribution < 1.29 is 5.11 Å². The predicted molar refractivity (Wildman–Crippen MR) is 134 cm³/mol. The molecular formula is C30H22N2O. The molecule has 3 heteroatoms. The van der Waals surface area contributed by atoms with Crippen LogP contribution in [0.3, 0.4) is 0 Å². The first kappa shape index (κ1) is 19.3. The summed E-state index contributed by atoms with van der Waals surface area (Å²) in [6, 6.07) is 40.9. The largest absolute Gasteiger partial charge is 0.506 e. The van der Waals surface area contributed by atoms with E-state index in [1.54, 1.807) is 0 Å². The van der Waals surface area contributed by atoms with Crippen LogP contribution in [-0.2, 0) is 5.41 Å². The zero-order chi connectivity index (χ0) is 22.3. The van der Waals surface area contributed by atoms with Gasteiger partial charge >= 0.3 is 0 Å². The summed E-state index contributed by atoms with van der Waals surface area (Å²) < 4.78 is 0. The fourth-order valence-corrected chi connectivity index (χ4v) is 5.03. The summed E-state index contributed by atoms with van der Waals surface area (Å²) in [6.07, 6.45) is 1.91. The summed E-state index contributed by atoms with van der Waals surface area (Å²) >= 11 is 0. The molecule has 1 aliphatic heterocycles. The average molecular weight is 427 g/mol. The quantitative estimate of drug-likeness (QED) is 0.393. The summed E-state index contributed by atoms with van der Waals surface area (Å²) in [5.41, 5.74) is 5.99. The predicted octanol–water partition coefficient (Wildman–Crippen LogP) is 6.72. The average Bonchev–Trinajstić information content (AvgIpc) is 3.41. The van der Waals surface area contributed by atoms with Gasteiger partial charge in [-0.05, 0) is 40.5 Å². The number of fused-ring (bicyclic) bond motifs is 1. The molecule has 0 aromatic heterocycles. The molecule has 0 saturated carbocycles. The number of aliphatic hydroxyl groups excluding tert-OH is 1. The zero-order valence-electron chi connectivity index (χ0n) is 18.0. The topological polar surface area (TPSA) is 35.8 Å². The lowest BCUT2D eigenvalue weighted by Gasteiger charge is -2.33. The van der Waals surface area contributed by atoms with Gasteiger partial charge in [0.15, 0.2) is 0 Å². The first-order valence-corrected chi connectivity index (χ1v) is 11.1. The van der Waals surface area contributed by atoms with Crippen LogP contribution in [-0.4, -0.2) is 10.8 Å². The van der Waals surface area contributed by atoms with Crippen molar-refractivity contribution in [2.75, 3.05) is 5.01 Å². The Labute approximate surface area is 193 Å². The fraction of sp³-hybridized carbons (Fsp3) is 0.0333. The molecule has 3 nitrogen and oxygen atoms in total. The molecule has 4 aromatic carbocycles. The third-order valence-corrected chi connectivity index (χ3v) is 6.39. The minimum Gasteiger partial charge on any atom is -0.506 e. The van der Waals surface area contributed by atoms with Crippen molar-refractivity contribution in [2.24, 2.45) is 5.10 Å². The van der Waals surface area contributed by atoms with Crippen LogP contribution in [0.5, 0.6) is 0 Å². The van der Waals surface area contributed by atoms with Crippen molar-refractivity contribution in [2.45, 2.75) is 5.41 Å². The third-order valence-electron chi connectivity index (χ3n) is 6.39. The van der Waals surface area contributed by atoms with Gasteiger partial charge in [-0.25, -0.2) is 5.01 Å². The van der Waals surface area contributed by atoms with Crippen molar-refractivity contribution in [1.82, 2.24) is 0 Å². The van der Waals surface area contributed by atoms with Gasteiger partial charge in [0, 0.05) is 0 Å². The van der Waals surface area contributed by atoms with E-state index >= 15 is 0 Å². The van der Waals surface area contributed by atoms with Gasteiger partial charge in [0.25, 0.3) is 0 Å².